The van der Waals surface area contributed by atoms with Gasteiger partial charge in [0, 0.05) is 12.2 Å². The average Bonchev–Trinajstić information content (AvgIpc) is 2.61. The lowest BCUT2D eigenvalue weighted by molar-refractivity contribution is 0.170. The Bertz CT molecular complexity index is 824. The number of para-hydroxylation sites is 1. The third kappa shape index (κ3) is 4.49. The molecule has 2 aromatic carbocycles. The van der Waals surface area contributed by atoms with Crippen LogP contribution in [0.1, 0.15) is 18.9 Å². The van der Waals surface area contributed by atoms with Crippen molar-refractivity contribution in [3.63, 3.8) is 0 Å². The molecule has 0 bridgehead atoms. The van der Waals surface area contributed by atoms with Crippen molar-refractivity contribution in [1.82, 2.24) is 5.32 Å². The highest BCUT2D eigenvalue weighted by Gasteiger charge is 2.24. The maximum Gasteiger partial charge on any atom is 0.248 e. The predicted molar refractivity (Wildman–Crippen MR) is 95.6 cm³/mol. The molecule has 2 aromatic rings. The van der Waals surface area contributed by atoms with Crippen molar-refractivity contribution in [3.05, 3.63) is 59.9 Å². The van der Waals surface area contributed by atoms with Crippen LogP contribution in [0.5, 0.6) is 5.75 Å². The van der Waals surface area contributed by atoms with Gasteiger partial charge in [0.1, 0.15) is 23.0 Å². The lowest BCUT2D eigenvalue weighted by atomic mass is 10.0. The van der Waals surface area contributed by atoms with Gasteiger partial charge in [-0.15, -0.1) is 0 Å². The van der Waals surface area contributed by atoms with E-state index in [1.807, 2.05) is 24.3 Å². The SMILES string of the molecule is CC(NCC1CCc2ccccc2O1)S(=O)(=O)Nc1ccc(F)cc1. The van der Waals surface area contributed by atoms with Crippen LogP contribution >= 0.6 is 0 Å². The molecule has 0 fully saturated rings. The second-order valence-electron chi connectivity index (χ2n) is 6.09. The summed E-state index contributed by atoms with van der Waals surface area (Å²) in [4.78, 5) is 0. The minimum atomic E-state index is -3.63. The molecule has 1 aliphatic heterocycles. The van der Waals surface area contributed by atoms with Gasteiger partial charge in [0.15, 0.2) is 0 Å². The highest BCUT2D eigenvalue weighted by Crippen LogP contribution is 2.26. The number of hydrogen-bond acceptors (Lipinski definition) is 4. The molecule has 0 saturated carbocycles. The fraction of sp³-hybridized carbons (Fsp3) is 0.333. The fourth-order valence-corrected chi connectivity index (χ4v) is 3.66. The first-order valence-corrected chi connectivity index (χ1v) is 9.74. The summed E-state index contributed by atoms with van der Waals surface area (Å²) < 4.78 is 46.0. The third-order valence-corrected chi connectivity index (χ3v) is 5.82. The summed E-state index contributed by atoms with van der Waals surface area (Å²) in [5.41, 5.74) is 1.51. The number of ether oxygens (including phenoxy) is 1. The molecular formula is C18H21FN2O3S. The largest absolute Gasteiger partial charge is 0.489 e. The van der Waals surface area contributed by atoms with Crippen molar-refractivity contribution < 1.29 is 17.5 Å². The van der Waals surface area contributed by atoms with Crippen LogP contribution in [0.2, 0.25) is 0 Å². The fourth-order valence-electron chi connectivity index (χ4n) is 2.70. The van der Waals surface area contributed by atoms with Gasteiger partial charge in [0.05, 0.1) is 0 Å². The Labute approximate surface area is 147 Å². The number of fused-ring (bicyclic) bond motifs is 1. The summed E-state index contributed by atoms with van der Waals surface area (Å²) >= 11 is 0. The lowest BCUT2D eigenvalue weighted by Crippen LogP contribution is -2.43. The second-order valence-corrected chi connectivity index (χ2v) is 8.09. The number of sulfonamides is 1. The van der Waals surface area contributed by atoms with Gasteiger partial charge in [0.2, 0.25) is 10.0 Å². The van der Waals surface area contributed by atoms with Crippen molar-refractivity contribution in [1.29, 1.82) is 0 Å². The van der Waals surface area contributed by atoms with Crippen molar-refractivity contribution in [2.75, 3.05) is 11.3 Å². The summed E-state index contributed by atoms with van der Waals surface area (Å²) in [5, 5.41) is 2.20. The molecule has 25 heavy (non-hydrogen) atoms. The maximum atomic E-state index is 12.9. The van der Waals surface area contributed by atoms with Crippen LogP contribution in [0.25, 0.3) is 0 Å². The molecule has 5 nitrogen and oxygen atoms in total. The van der Waals surface area contributed by atoms with Crippen LogP contribution in [0.15, 0.2) is 48.5 Å². The van der Waals surface area contributed by atoms with E-state index in [1.54, 1.807) is 6.92 Å². The van der Waals surface area contributed by atoms with Gasteiger partial charge in [-0.2, -0.15) is 0 Å². The molecule has 0 aliphatic carbocycles. The van der Waals surface area contributed by atoms with E-state index in [-0.39, 0.29) is 6.10 Å². The van der Waals surface area contributed by atoms with Crippen molar-refractivity contribution >= 4 is 15.7 Å². The van der Waals surface area contributed by atoms with E-state index < -0.39 is 21.2 Å². The summed E-state index contributed by atoms with van der Waals surface area (Å²) in [5.74, 6) is 0.448. The first kappa shape index (κ1) is 17.7. The van der Waals surface area contributed by atoms with Crippen molar-refractivity contribution in [2.45, 2.75) is 31.2 Å². The van der Waals surface area contributed by atoms with E-state index in [2.05, 4.69) is 10.0 Å². The number of halogens is 1. The highest BCUT2D eigenvalue weighted by molar-refractivity contribution is 7.93. The smallest absolute Gasteiger partial charge is 0.248 e. The van der Waals surface area contributed by atoms with E-state index >= 15 is 0 Å². The molecule has 0 spiro atoms. The van der Waals surface area contributed by atoms with Crippen LogP contribution < -0.4 is 14.8 Å². The zero-order valence-electron chi connectivity index (χ0n) is 13.9. The van der Waals surface area contributed by atoms with Gasteiger partial charge >= 0.3 is 0 Å². The molecule has 2 unspecified atom stereocenters. The predicted octanol–water partition coefficient (Wildman–Crippen LogP) is 2.90. The lowest BCUT2D eigenvalue weighted by Gasteiger charge is -2.27. The van der Waals surface area contributed by atoms with Gasteiger partial charge in [0.25, 0.3) is 0 Å². The summed E-state index contributed by atoms with van der Waals surface area (Å²) in [7, 11) is -3.63. The molecule has 1 aliphatic rings. The summed E-state index contributed by atoms with van der Waals surface area (Å²) in [6, 6.07) is 13.1. The number of anilines is 1. The Morgan fingerprint density at radius 3 is 2.68 bits per heavy atom. The standard InChI is InChI=1S/C18H21FN2O3S/c1-13(25(22,23)21-16-9-7-15(19)8-10-16)20-12-17-11-6-14-4-2-3-5-18(14)24-17/h2-5,7-10,13,17,20-21H,6,11-12H2,1H3. The molecule has 7 heteroatoms. The molecule has 0 aromatic heterocycles. The first-order chi connectivity index (χ1) is 11.9. The Balaban J connectivity index is 1.55. The molecule has 0 radical (unpaired) electrons. The molecule has 1 heterocycles. The Kier molecular flexibility index (Phi) is 5.24. The van der Waals surface area contributed by atoms with Crippen LogP contribution in [0, 0.1) is 5.82 Å². The second kappa shape index (κ2) is 7.41. The molecule has 0 saturated heterocycles. The molecule has 2 N–H and O–H groups in total. The van der Waals surface area contributed by atoms with Gasteiger partial charge < -0.3 is 4.74 Å². The van der Waals surface area contributed by atoms with Crippen LogP contribution in [-0.4, -0.2) is 26.4 Å². The van der Waals surface area contributed by atoms with Crippen LogP contribution in [0.4, 0.5) is 10.1 Å². The van der Waals surface area contributed by atoms with E-state index in [9.17, 15) is 12.8 Å². The van der Waals surface area contributed by atoms with Gasteiger partial charge in [-0.05, 0) is 55.7 Å². The molecule has 0 amide bonds. The monoisotopic (exact) mass is 364 g/mol. The highest BCUT2D eigenvalue weighted by atomic mass is 32.2. The van der Waals surface area contributed by atoms with E-state index in [0.29, 0.717) is 12.2 Å². The van der Waals surface area contributed by atoms with Crippen molar-refractivity contribution in [3.8, 4) is 5.75 Å². The average molecular weight is 364 g/mol. The van der Waals surface area contributed by atoms with Gasteiger partial charge in [-0.1, -0.05) is 18.2 Å². The molecule has 3 rings (SSSR count). The summed E-state index contributed by atoms with van der Waals surface area (Å²) in [6.45, 7) is 2.00. The number of hydrogen-bond donors (Lipinski definition) is 2. The number of benzene rings is 2. The Morgan fingerprint density at radius 1 is 1.20 bits per heavy atom. The maximum absolute atomic E-state index is 12.9. The zero-order chi connectivity index (χ0) is 17.9. The number of aryl methyl sites for hydroxylation is 1. The minimum absolute atomic E-state index is 0.0710. The summed E-state index contributed by atoms with van der Waals surface area (Å²) in [6.07, 6.45) is 1.68. The zero-order valence-corrected chi connectivity index (χ0v) is 14.7. The normalized spacial score (nSPS) is 18.1. The third-order valence-electron chi connectivity index (χ3n) is 4.20. The van der Waals surface area contributed by atoms with Gasteiger partial charge in [-0.25, -0.2) is 12.8 Å². The van der Waals surface area contributed by atoms with Crippen molar-refractivity contribution in [2.24, 2.45) is 0 Å². The number of rotatable bonds is 6. The first-order valence-electron chi connectivity index (χ1n) is 8.19. The van der Waals surface area contributed by atoms with E-state index in [4.69, 9.17) is 4.74 Å². The van der Waals surface area contributed by atoms with Crippen LogP contribution in [-0.2, 0) is 16.4 Å². The number of nitrogens with one attached hydrogen (secondary N) is 2. The van der Waals surface area contributed by atoms with Gasteiger partial charge in [-0.3, -0.25) is 10.0 Å². The minimum Gasteiger partial charge on any atom is -0.489 e. The topological polar surface area (TPSA) is 67.4 Å². The molecular weight excluding hydrogens is 343 g/mol. The molecule has 2 atom stereocenters. The Morgan fingerprint density at radius 2 is 1.92 bits per heavy atom. The van der Waals surface area contributed by atoms with E-state index in [1.165, 1.54) is 29.8 Å². The molecule has 134 valence electrons. The van der Waals surface area contributed by atoms with Crippen LogP contribution in [0.3, 0.4) is 0 Å². The quantitative estimate of drug-likeness (QED) is 0.827. The Hall–Kier alpha value is -2.12. The van der Waals surface area contributed by atoms with E-state index in [0.717, 1.165) is 18.6 Å².